The summed E-state index contributed by atoms with van der Waals surface area (Å²) in [4.78, 5) is 38.4. The fourth-order valence-corrected chi connectivity index (χ4v) is 1.97. The number of amides is 2. The van der Waals surface area contributed by atoms with Crippen LogP contribution >= 0.6 is 11.3 Å². The minimum absolute atomic E-state index is 0.313. The number of nitrogens with zero attached hydrogens (tertiary/aromatic N) is 2. The highest BCUT2D eigenvalue weighted by Gasteiger charge is 2.23. The van der Waals surface area contributed by atoms with E-state index in [2.05, 4.69) is 4.98 Å². The van der Waals surface area contributed by atoms with Crippen molar-refractivity contribution in [2.24, 2.45) is 5.73 Å². The lowest BCUT2D eigenvalue weighted by atomic mass is 10.3. The Morgan fingerprint density at radius 1 is 1.47 bits per heavy atom. The Kier molecular flexibility index (Phi) is 4.16. The van der Waals surface area contributed by atoms with E-state index in [4.69, 9.17) is 10.8 Å². The van der Waals surface area contributed by atoms with Crippen molar-refractivity contribution in [2.45, 2.75) is 6.92 Å². The molecule has 0 radical (unpaired) electrons. The summed E-state index contributed by atoms with van der Waals surface area (Å²) in [5.41, 5.74) is 6.94. The van der Waals surface area contributed by atoms with Crippen LogP contribution < -0.4 is 5.73 Å². The Bertz CT molecular complexity index is 441. The van der Waals surface area contributed by atoms with Gasteiger partial charge in [-0.2, -0.15) is 0 Å². The number of aromatic nitrogens is 1. The summed E-state index contributed by atoms with van der Waals surface area (Å²) in [5, 5.41) is 8.65. The first-order chi connectivity index (χ1) is 7.91. The largest absolute Gasteiger partial charge is 0.480 e. The highest BCUT2D eigenvalue weighted by molar-refractivity contribution is 7.11. The number of carboxylic acids is 1. The van der Waals surface area contributed by atoms with Gasteiger partial charge in [-0.1, -0.05) is 0 Å². The van der Waals surface area contributed by atoms with Crippen molar-refractivity contribution in [3.8, 4) is 0 Å². The Morgan fingerprint density at radius 3 is 2.53 bits per heavy atom. The van der Waals surface area contributed by atoms with Crippen molar-refractivity contribution in [3.05, 3.63) is 16.1 Å². The number of carbonyl (C=O) groups excluding carboxylic acids is 2. The van der Waals surface area contributed by atoms with Gasteiger partial charge in [0.1, 0.15) is 18.0 Å². The molecule has 8 heteroatoms. The van der Waals surface area contributed by atoms with E-state index in [1.165, 1.54) is 5.51 Å². The van der Waals surface area contributed by atoms with Crippen molar-refractivity contribution in [3.63, 3.8) is 0 Å². The number of hydrogen-bond donors (Lipinski definition) is 2. The number of carboxylic acid groups (broad SMARTS) is 1. The lowest BCUT2D eigenvalue weighted by Crippen LogP contribution is -2.41. The topological polar surface area (TPSA) is 114 Å². The maximum absolute atomic E-state index is 11.9. The van der Waals surface area contributed by atoms with Crippen LogP contribution in [0, 0.1) is 6.92 Å². The minimum atomic E-state index is -1.21. The molecule has 0 aliphatic carbocycles. The number of primary amides is 1. The Morgan fingerprint density at radius 2 is 2.12 bits per heavy atom. The molecule has 2 amide bonds. The van der Waals surface area contributed by atoms with Gasteiger partial charge >= 0.3 is 5.97 Å². The number of aryl methyl sites for hydroxylation is 1. The van der Waals surface area contributed by atoms with E-state index in [1.54, 1.807) is 6.92 Å². The first-order valence-electron chi connectivity index (χ1n) is 4.61. The van der Waals surface area contributed by atoms with E-state index >= 15 is 0 Å². The van der Waals surface area contributed by atoms with Crippen LogP contribution in [0.2, 0.25) is 0 Å². The molecule has 0 aliphatic rings. The first kappa shape index (κ1) is 13.1. The van der Waals surface area contributed by atoms with Crippen LogP contribution in [-0.4, -0.2) is 45.9 Å². The van der Waals surface area contributed by atoms with Gasteiger partial charge < -0.3 is 15.7 Å². The van der Waals surface area contributed by atoms with Crippen molar-refractivity contribution < 1.29 is 19.5 Å². The highest BCUT2D eigenvalue weighted by Crippen LogP contribution is 2.14. The second kappa shape index (κ2) is 5.39. The third-order valence-electron chi connectivity index (χ3n) is 1.90. The molecule has 1 heterocycles. The molecule has 0 aromatic carbocycles. The van der Waals surface area contributed by atoms with Gasteiger partial charge in [-0.25, -0.2) is 4.98 Å². The summed E-state index contributed by atoms with van der Waals surface area (Å²) >= 11 is 1.09. The molecular formula is C9H11N3O4S. The predicted molar refractivity (Wildman–Crippen MR) is 59.6 cm³/mol. The van der Waals surface area contributed by atoms with Crippen LogP contribution in [0.4, 0.5) is 0 Å². The number of hydrogen-bond acceptors (Lipinski definition) is 5. The smallest absolute Gasteiger partial charge is 0.323 e. The van der Waals surface area contributed by atoms with Crippen molar-refractivity contribution in [2.75, 3.05) is 13.1 Å². The zero-order valence-corrected chi connectivity index (χ0v) is 9.86. The third kappa shape index (κ3) is 3.52. The fourth-order valence-electron chi connectivity index (χ4n) is 1.20. The summed E-state index contributed by atoms with van der Waals surface area (Å²) in [5.74, 6) is -2.52. The van der Waals surface area contributed by atoms with Crippen molar-refractivity contribution in [1.29, 1.82) is 0 Å². The van der Waals surface area contributed by atoms with Gasteiger partial charge in [-0.05, 0) is 6.92 Å². The summed E-state index contributed by atoms with van der Waals surface area (Å²) < 4.78 is 0. The first-order valence-corrected chi connectivity index (χ1v) is 5.49. The molecule has 0 bridgehead atoms. The third-order valence-corrected chi connectivity index (χ3v) is 2.82. The van der Waals surface area contributed by atoms with Crippen LogP contribution in [0.5, 0.6) is 0 Å². The highest BCUT2D eigenvalue weighted by atomic mass is 32.1. The van der Waals surface area contributed by atoms with Crippen molar-refractivity contribution in [1.82, 2.24) is 9.88 Å². The lowest BCUT2D eigenvalue weighted by Gasteiger charge is -2.18. The second-order valence-electron chi connectivity index (χ2n) is 3.29. The van der Waals surface area contributed by atoms with E-state index in [0.29, 0.717) is 10.6 Å². The summed E-state index contributed by atoms with van der Waals surface area (Å²) in [6.07, 6.45) is 0. The van der Waals surface area contributed by atoms with Crippen molar-refractivity contribution >= 4 is 29.1 Å². The van der Waals surface area contributed by atoms with E-state index < -0.39 is 30.9 Å². The Labute approximate surface area is 101 Å². The maximum atomic E-state index is 11.9. The van der Waals surface area contributed by atoms with Gasteiger partial charge in [0.2, 0.25) is 5.91 Å². The Hall–Kier alpha value is -1.96. The molecule has 0 spiro atoms. The molecule has 0 saturated carbocycles. The predicted octanol–water partition coefficient (Wildman–Crippen LogP) is -0.536. The number of aliphatic carboxylic acids is 1. The average Bonchev–Trinajstić information content (AvgIpc) is 2.61. The van der Waals surface area contributed by atoms with Gasteiger partial charge in [0.25, 0.3) is 5.91 Å². The van der Waals surface area contributed by atoms with E-state index in [9.17, 15) is 14.4 Å². The maximum Gasteiger partial charge on any atom is 0.323 e. The quantitative estimate of drug-likeness (QED) is 0.735. The molecular weight excluding hydrogens is 246 g/mol. The zero-order chi connectivity index (χ0) is 13.0. The van der Waals surface area contributed by atoms with E-state index in [0.717, 1.165) is 16.2 Å². The minimum Gasteiger partial charge on any atom is -0.480 e. The second-order valence-corrected chi connectivity index (χ2v) is 4.14. The van der Waals surface area contributed by atoms with Gasteiger partial charge in [-0.15, -0.1) is 11.3 Å². The van der Waals surface area contributed by atoms with Crippen LogP contribution in [0.1, 0.15) is 15.4 Å². The average molecular weight is 257 g/mol. The monoisotopic (exact) mass is 257 g/mol. The molecule has 0 saturated heterocycles. The molecule has 1 aromatic heterocycles. The summed E-state index contributed by atoms with van der Waals surface area (Å²) in [7, 11) is 0. The molecule has 0 atom stereocenters. The molecule has 1 rings (SSSR count). The number of thiazole rings is 1. The van der Waals surface area contributed by atoms with Crippen LogP contribution in [0.15, 0.2) is 5.51 Å². The standard InChI is InChI=1S/C9H11N3O4S/c1-5-8(17-4-11-5)9(16)12(2-6(10)13)3-7(14)15/h4H,2-3H2,1H3,(H2,10,13)(H,14,15). The normalized spacial score (nSPS) is 9.94. The fraction of sp³-hybridized carbons (Fsp3) is 0.333. The van der Waals surface area contributed by atoms with E-state index in [-0.39, 0.29) is 0 Å². The van der Waals surface area contributed by atoms with Gasteiger partial charge in [0.15, 0.2) is 0 Å². The number of rotatable bonds is 5. The van der Waals surface area contributed by atoms with Crippen LogP contribution in [0.25, 0.3) is 0 Å². The molecule has 0 aliphatic heterocycles. The van der Waals surface area contributed by atoms with Gasteiger partial charge in [0, 0.05) is 0 Å². The van der Waals surface area contributed by atoms with E-state index in [1.807, 2.05) is 0 Å². The number of nitrogens with two attached hydrogens (primary N) is 1. The number of carbonyl (C=O) groups is 3. The lowest BCUT2D eigenvalue weighted by molar-refractivity contribution is -0.138. The SMILES string of the molecule is Cc1ncsc1C(=O)N(CC(N)=O)CC(=O)O. The van der Waals surface area contributed by atoms with Gasteiger partial charge in [0.05, 0.1) is 11.2 Å². The molecule has 17 heavy (non-hydrogen) atoms. The molecule has 92 valence electrons. The summed E-state index contributed by atoms with van der Waals surface area (Å²) in [6, 6.07) is 0. The summed E-state index contributed by atoms with van der Waals surface area (Å²) in [6.45, 7) is 0.633. The molecule has 7 nitrogen and oxygen atoms in total. The van der Waals surface area contributed by atoms with Crippen LogP contribution in [0.3, 0.4) is 0 Å². The Balaban J connectivity index is 2.90. The zero-order valence-electron chi connectivity index (χ0n) is 9.04. The molecule has 0 unspecified atom stereocenters. The molecule has 0 fully saturated rings. The van der Waals surface area contributed by atoms with Gasteiger partial charge in [-0.3, -0.25) is 14.4 Å². The van der Waals surface area contributed by atoms with Crippen LogP contribution in [-0.2, 0) is 9.59 Å². The molecule has 3 N–H and O–H groups in total. The molecule has 1 aromatic rings.